The van der Waals surface area contributed by atoms with E-state index in [1.807, 2.05) is 44.3 Å². The van der Waals surface area contributed by atoms with Crippen LogP contribution in [0.1, 0.15) is 13.3 Å². The molecule has 1 rings (SSSR count). The Morgan fingerprint density at radius 3 is 2.32 bits per heavy atom. The van der Waals surface area contributed by atoms with Crippen LogP contribution in [0, 0.1) is 0 Å². The van der Waals surface area contributed by atoms with E-state index in [2.05, 4.69) is 31.8 Å². The molecule has 0 bridgehead atoms. The monoisotopic (exact) mass is 275 g/mol. The molecule has 0 N–H and O–H groups in total. The van der Waals surface area contributed by atoms with Crippen LogP contribution in [0.15, 0.2) is 42.5 Å². The van der Waals surface area contributed by atoms with Crippen LogP contribution < -0.4 is 4.90 Å². The number of carbonyl (C=O) groups excluding carboxylic acids is 1. The molecule has 1 aromatic carbocycles. The summed E-state index contributed by atoms with van der Waals surface area (Å²) in [7, 11) is 0.504. The summed E-state index contributed by atoms with van der Waals surface area (Å²) in [5.41, 5.74) is 1.36. The molecule has 2 nitrogen and oxygen atoms in total. The minimum absolute atomic E-state index is 0.191. The molecular formula is C16H25NOSi. The summed E-state index contributed by atoms with van der Waals surface area (Å²) in [6.07, 6.45) is 4.87. The zero-order valence-electron chi connectivity index (χ0n) is 12.7. The molecule has 1 unspecified atom stereocenters. The maximum Gasteiger partial charge on any atom is 0.227 e. The third kappa shape index (κ3) is 4.67. The van der Waals surface area contributed by atoms with Crippen LogP contribution in [0.4, 0.5) is 5.69 Å². The molecule has 0 radical (unpaired) electrons. The Bertz CT molecular complexity index is 434. The fourth-order valence-corrected chi connectivity index (χ4v) is 3.57. The average molecular weight is 275 g/mol. The van der Waals surface area contributed by atoms with Crippen molar-refractivity contribution < 1.29 is 4.79 Å². The van der Waals surface area contributed by atoms with Crippen molar-refractivity contribution in [1.82, 2.24) is 0 Å². The molecule has 0 saturated carbocycles. The summed E-state index contributed by atoms with van der Waals surface area (Å²) in [4.78, 5) is 14.2. The second kappa shape index (κ2) is 6.71. The number of nitrogens with zero attached hydrogens (tertiary/aromatic N) is 1. The van der Waals surface area contributed by atoms with E-state index < -0.39 is 8.07 Å². The molecule has 3 heteroatoms. The number of benzene rings is 1. The standard InChI is InChI=1S/C16H25NOSi/c1-6-10-15(19(3,4)5)13-16(18)17(2)14-11-8-7-9-12-14/h6-12,15H,13H2,1-5H3. The van der Waals surface area contributed by atoms with Gasteiger partial charge in [0.25, 0.3) is 0 Å². The SMILES string of the molecule is CC=CC(CC(=O)N(C)c1ccccc1)[Si](C)(C)C. The lowest BCUT2D eigenvalue weighted by atomic mass is 10.2. The maximum absolute atomic E-state index is 12.4. The van der Waals surface area contributed by atoms with Gasteiger partial charge < -0.3 is 4.90 Å². The molecule has 0 fully saturated rings. The lowest BCUT2D eigenvalue weighted by Crippen LogP contribution is -2.33. The van der Waals surface area contributed by atoms with Crippen LogP contribution in [0.3, 0.4) is 0 Å². The Labute approximate surface area is 118 Å². The third-order valence-corrected chi connectivity index (χ3v) is 6.07. The molecule has 0 heterocycles. The first-order valence-corrected chi connectivity index (χ1v) is 10.4. The van der Waals surface area contributed by atoms with Crippen molar-refractivity contribution >= 4 is 19.7 Å². The van der Waals surface area contributed by atoms with Crippen LogP contribution in [0.2, 0.25) is 25.2 Å². The van der Waals surface area contributed by atoms with Gasteiger partial charge in [-0.2, -0.15) is 0 Å². The Morgan fingerprint density at radius 1 is 1.26 bits per heavy atom. The first-order chi connectivity index (χ1) is 8.86. The highest BCUT2D eigenvalue weighted by molar-refractivity contribution is 6.78. The number of anilines is 1. The van der Waals surface area contributed by atoms with E-state index in [9.17, 15) is 4.79 Å². The lowest BCUT2D eigenvalue weighted by molar-refractivity contribution is -0.118. The highest BCUT2D eigenvalue weighted by Gasteiger charge is 2.27. The quantitative estimate of drug-likeness (QED) is 0.579. The van der Waals surface area contributed by atoms with E-state index in [0.29, 0.717) is 12.0 Å². The molecule has 104 valence electrons. The number of rotatable bonds is 5. The van der Waals surface area contributed by atoms with Gasteiger partial charge in [0.15, 0.2) is 0 Å². The highest BCUT2D eigenvalue weighted by Crippen LogP contribution is 2.28. The van der Waals surface area contributed by atoms with Crippen LogP contribution in [0.5, 0.6) is 0 Å². The van der Waals surface area contributed by atoms with Gasteiger partial charge in [-0.3, -0.25) is 4.79 Å². The van der Waals surface area contributed by atoms with Crippen molar-refractivity contribution in [1.29, 1.82) is 0 Å². The summed E-state index contributed by atoms with van der Waals surface area (Å²) in [5.74, 6) is 0.191. The summed E-state index contributed by atoms with van der Waals surface area (Å²) < 4.78 is 0. The molecule has 1 amide bonds. The van der Waals surface area contributed by atoms with Gasteiger partial charge in [0.05, 0.1) is 8.07 Å². The van der Waals surface area contributed by atoms with Gasteiger partial charge in [0.1, 0.15) is 0 Å². The predicted molar refractivity (Wildman–Crippen MR) is 86.4 cm³/mol. The van der Waals surface area contributed by atoms with Crippen molar-refractivity contribution in [2.45, 2.75) is 38.5 Å². The smallest absolute Gasteiger partial charge is 0.227 e. The second-order valence-corrected chi connectivity index (χ2v) is 11.5. The molecule has 1 atom stereocenters. The van der Waals surface area contributed by atoms with E-state index in [4.69, 9.17) is 0 Å². The minimum atomic E-state index is -1.35. The molecule has 0 saturated heterocycles. The summed E-state index contributed by atoms with van der Waals surface area (Å²) in [6, 6.07) is 9.82. The van der Waals surface area contributed by atoms with Crippen molar-refractivity contribution in [3.8, 4) is 0 Å². The average Bonchev–Trinajstić information content (AvgIpc) is 2.37. The minimum Gasteiger partial charge on any atom is -0.315 e. The van der Waals surface area contributed by atoms with Crippen LogP contribution in [-0.4, -0.2) is 21.0 Å². The molecule has 1 aromatic rings. The Morgan fingerprint density at radius 2 is 1.84 bits per heavy atom. The van der Waals surface area contributed by atoms with E-state index in [-0.39, 0.29) is 5.91 Å². The number of allylic oxidation sites excluding steroid dienone is 2. The topological polar surface area (TPSA) is 20.3 Å². The van der Waals surface area contributed by atoms with Gasteiger partial charge in [-0.1, -0.05) is 50.0 Å². The molecule has 0 aliphatic carbocycles. The van der Waals surface area contributed by atoms with Gasteiger partial charge in [0.2, 0.25) is 5.91 Å². The first-order valence-electron chi connectivity index (χ1n) is 6.80. The van der Waals surface area contributed by atoms with Crippen LogP contribution in [0.25, 0.3) is 0 Å². The summed E-state index contributed by atoms with van der Waals surface area (Å²) in [5, 5.41) is 0. The molecule has 0 aliphatic rings. The van der Waals surface area contributed by atoms with Crippen molar-refractivity contribution in [2.75, 3.05) is 11.9 Å². The van der Waals surface area contributed by atoms with E-state index >= 15 is 0 Å². The molecule has 0 aliphatic heterocycles. The lowest BCUT2D eigenvalue weighted by Gasteiger charge is -2.28. The number of carbonyl (C=O) groups is 1. The molecule has 0 spiro atoms. The van der Waals surface area contributed by atoms with Crippen molar-refractivity contribution in [3.63, 3.8) is 0 Å². The predicted octanol–water partition coefficient (Wildman–Crippen LogP) is 4.32. The number of hydrogen-bond acceptors (Lipinski definition) is 1. The Balaban J connectivity index is 2.78. The van der Waals surface area contributed by atoms with Crippen molar-refractivity contribution in [3.05, 3.63) is 42.5 Å². The highest BCUT2D eigenvalue weighted by atomic mass is 28.3. The Kier molecular flexibility index (Phi) is 5.55. The number of hydrogen-bond donors (Lipinski definition) is 0. The zero-order valence-corrected chi connectivity index (χ0v) is 13.7. The fourth-order valence-electron chi connectivity index (χ4n) is 2.02. The first kappa shape index (κ1) is 15.7. The maximum atomic E-state index is 12.4. The zero-order chi connectivity index (χ0) is 14.5. The van der Waals surface area contributed by atoms with Crippen molar-refractivity contribution in [2.24, 2.45) is 0 Å². The molecule has 19 heavy (non-hydrogen) atoms. The number of para-hydroxylation sites is 1. The van der Waals surface area contributed by atoms with Gasteiger partial charge >= 0.3 is 0 Å². The van der Waals surface area contributed by atoms with E-state index in [0.717, 1.165) is 5.69 Å². The fraction of sp³-hybridized carbons (Fsp3) is 0.438. The largest absolute Gasteiger partial charge is 0.315 e. The number of amides is 1. The normalized spacial score (nSPS) is 13.5. The molecule has 0 aromatic heterocycles. The van der Waals surface area contributed by atoms with E-state index in [1.54, 1.807) is 4.90 Å². The summed E-state index contributed by atoms with van der Waals surface area (Å²) in [6.45, 7) is 8.97. The van der Waals surface area contributed by atoms with Gasteiger partial charge in [-0.25, -0.2) is 0 Å². The summed E-state index contributed by atoms with van der Waals surface area (Å²) >= 11 is 0. The third-order valence-electron chi connectivity index (χ3n) is 3.45. The van der Waals surface area contributed by atoms with Crippen LogP contribution in [-0.2, 0) is 4.79 Å². The second-order valence-electron chi connectivity index (χ2n) is 5.99. The van der Waals surface area contributed by atoms with Gasteiger partial charge in [0, 0.05) is 19.2 Å². The molecular weight excluding hydrogens is 250 g/mol. The van der Waals surface area contributed by atoms with Gasteiger partial charge in [-0.05, 0) is 24.6 Å². The van der Waals surface area contributed by atoms with Gasteiger partial charge in [-0.15, -0.1) is 0 Å². The Hall–Kier alpha value is -1.35. The van der Waals surface area contributed by atoms with Crippen LogP contribution >= 0.6 is 0 Å². The van der Waals surface area contributed by atoms with E-state index in [1.165, 1.54) is 0 Å².